The second-order valence-corrected chi connectivity index (χ2v) is 5.08. The van der Waals surface area contributed by atoms with Crippen molar-refractivity contribution in [2.45, 2.75) is 6.92 Å². The summed E-state index contributed by atoms with van der Waals surface area (Å²) in [5, 5.41) is 0. The van der Waals surface area contributed by atoms with Gasteiger partial charge in [0.25, 0.3) is 0 Å². The molecule has 0 saturated heterocycles. The summed E-state index contributed by atoms with van der Waals surface area (Å²) in [5.74, 6) is 0.153. The first kappa shape index (κ1) is 12.8. The van der Waals surface area contributed by atoms with Gasteiger partial charge >= 0.3 is 7.82 Å². The number of rotatable bonds is 3. The van der Waals surface area contributed by atoms with Crippen molar-refractivity contribution in [3.05, 3.63) is 54.1 Å². The molecule has 2 rings (SSSR count). The van der Waals surface area contributed by atoms with Crippen LogP contribution in [0.15, 0.2) is 48.5 Å². The maximum atomic E-state index is 10.7. The van der Waals surface area contributed by atoms with Crippen LogP contribution in [0.5, 0.6) is 5.75 Å². The second kappa shape index (κ2) is 4.94. The van der Waals surface area contributed by atoms with Gasteiger partial charge in [0.05, 0.1) is 0 Å². The molecule has 2 aromatic rings. The van der Waals surface area contributed by atoms with Crippen LogP contribution in [0, 0.1) is 6.92 Å². The van der Waals surface area contributed by atoms with E-state index in [9.17, 15) is 4.57 Å². The Hall–Kier alpha value is -1.61. The largest absolute Gasteiger partial charge is 0.524 e. The van der Waals surface area contributed by atoms with E-state index in [4.69, 9.17) is 9.79 Å². The molecular weight excluding hydrogens is 251 g/mol. The van der Waals surface area contributed by atoms with Gasteiger partial charge in [-0.15, -0.1) is 0 Å². The molecule has 4 nitrogen and oxygen atoms in total. The van der Waals surface area contributed by atoms with Gasteiger partial charge in [-0.3, -0.25) is 9.79 Å². The molecule has 0 aliphatic heterocycles. The molecule has 94 valence electrons. The van der Waals surface area contributed by atoms with Gasteiger partial charge in [-0.1, -0.05) is 36.4 Å². The lowest BCUT2D eigenvalue weighted by atomic mass is 10.0. The highest BCUT2D eigenvalue weighted by atomic mass is 31.2. The second-order valence-electron chi connectivity index (χ2n) is 3.92. The van der Waals surface area contributed by atoms with Crippen molar-refractivity contribution in [3.63, 3.8) is 0 Å². The monoisotopic (exact) mass is 264 g/mol. The molecule has 5 heteroatoms. The average Bonchev–Trinajstić information content (AvgIpc) is 2.29. The van der Waals surface area contributed by atoms with Gasteiger partial charge in [-0.05, 0) is 35.7 Å². The molecule has 0 aliphatic carbocycles. The lowest BCUT2D eigenvalue weighted by Crippen LogP contribution is -1.90. The Balaban J connectivity index is 2.28. The van der Waals surface area contributed by atoms with E-state index in [1.807, 2.05) is 31.2 Å². The number of aryl methyl sites for hydroxylation is 1. The summed E-state index contributed by atoms with van der Waals surface area (Å²) < 4.78 is 15.2. The van der Waals surface area contributed by atoms with E-state index in [0.717, 1.165) is 16.7 Å². The summed E-state index contributed by atoms with van der Waals surface area (Å²) in [6, 6.07) is 14.5. The Morgan fingerprint density at radius 2 is 1.61 bits per heavy atom. The molecule has 2 N–H and O–H groups in total. The first-order chi connectivity index (χ1) is 8.46. The number of benzene rings is 2. The smallest absolute Gasteiger partial charge is 0.404 e. The van der Waals surface area contributed by atoms with Crippen LogP contribution in [0.3, 0.4) is 0 Å². The Morgan fingerprint density at radius 3 is 2.17 bits per heavy atom. The van der Waals surface area contributed by atoms with Crippen LogP contribution < -0.4 is 4.52 Å². The Bertz CT molecular complexity index is 586. The zero-order chi connectivity index (χ0) is 13.2. The van der Waals surface area contributed by atoms with Crippen LogP contribution in [-0.4, -0.2) is 9.79 Å². The highest BCUT2D eigenvalue weighted by Gasteiger charge is 2.15. The Morgan fingerprint density at radius 1 is 1.00 bits per heavy atom. The van der Waals surface area contributed by atoms with E-state index in [1.54, 1.807) is 24.3 Å². The third-order valence-corrected chi connectivity index (χ3v) is 2.98. The molecule has 0 spiro atoms. The SMILES string of the molecule is Cc1ccccc1-c1ccc(OP(=O)(O)O)cc1. The highest BCUT2D eigenvalue weighted by molar-refractivity contribution is 7.46. The van der Waals surface area contributed by atoms with Gasteiger partial charge < -0.3 is 4.52 Å². The van der Waals surface area contributed by atoms with Crippen LogP contribution in [0.4, 0.5) is 0 Å². The quantitative estimate of drug-likeness (QED) is 0.836. The molecule has 0 unspecified atom stereocenters. The molecule has 0 aliphatic rings. The normalized spacial score (nSPS) is 11.3. The van der Waals surface area contributed by atoms with Crippen molar-refractivity contribution < 1.29 is 18.9 Å². The molecule has 2 aromatic carbocycles. The van der Waals surface area contributed by atoms with Crippen LogP contribution in [-0.2, 0) is 4.57 Å². The van der Waals surface area contributed by atoms with E-state index >= 15 is 0 Å². The summed E-state index contributed by atoms with van der Waals surface area (Å²) in [4.78, 5) is 17.4. The lowest BCUT2D eigenvalue weighted by molar-refractivity contribution is 0.283. The summed E-state index contributed by atoms with van der Waals surface area (Å²) in [7, 11) is -4.48. The first-order valence-corrected chi connectivity index (χ1v) is 6.90. The lowest BCUT2D eigenvalue weighted by Gasteiger charge is -2.09. The third-order valence-electron chi connectivity index (χ3n) is 2.53. The number of phosphoric acid groups is 1. The summed E-state index contributed by atoms with van der Waals surface area (Å²) in [6.07, 6.45) is 0. The summed E-state index contributed by atoms with van der Waals surface area (Å²) >= 11 is 0. The van der Waals surface area contributed by atoms with Gasteiger partial charge in [0, 0.05) is 0 Å². The van der Waals surface area contributed by atoms with Crippen LogP contribution in [0.25, 0.3) is 11.1 Å². The first-order valence-electron chi connectivity index (χ1n) is 5.37. The fraction of sp³-hybridized carbons (Fsp3) is 0.0769. The topological polar surface area (TPSA) is 66.8 Å². The van der Waals surface area contributed by atoms with E-state index < -0.39 is 7.82 Å². The van der Waals surface area contributed by atoms with Gasteiger partial charge in [0.1, 0.15) is 5.75 Å². The maximum absolute atomic E-state index is 10.7. The molecule has 0 radical (unpaired) electrons. The van der Waals surface area contributed by atoms with Gasteiger partial charge in [-0.2, -0.15) is 0 Å². The molecule has 18 heavy (non-hydrogen) atoms. The fourth-order valence-electron chi connectivity index (χ4n) is 1.73. The Kier molecular flexibility index (Phi) is 3.53. The van der Waals surface area contributed by atoms with Gasteiger partial charge in [-0.25, -0.2) is 4.57 Å². The van der Waals surface area contributed by atoms with Crippen LogP contribution in [0.1, 0.15) is 5.56 Å². The Labute approximate surface area is 105 Å². The van der Waals surface area contributed by atoms with Crippen LogP contribution in [0.2, 0.25) is 0 Å². The van der Waals surface area contributed by atoms with Crippen molar-refractivity contribution in [1.29, 1.82) is 0 Å². The molecule has 0 amide bonds. The summed E-state index contributed by atoms with van der Waals surface area (Å²) in [5.41, 5.74) is 3.20. The predicted molar refractivity (Wildman–Crippen MR) is 69.3 cm³/mol. The van der Waals surface area contributed by atoms with Gasteiger partial charge in [0.15, 0.2) is 0 Å². The number of phosphoric ester groups is 1. The van der Waals surface area contributed by atoms with E-state index in [-0.39, 0.29) is 5.75 Å². The molecule has 0 aromatic heterocycles. The minimum absolute atomic E-state index is 0.153. The molecular formula is C13H13O4P. The van der Waals surface area contributed by atoms with Crippen molar-refractivity contribution in [2.24, 2.45) is 0 Å². The number of hydrogen-bond acceptors (Lipinski definition) is 2. The third kappa shape index (κ3) is 3.20. The average molecular weight is 264 g/mol. The summed E-state index contributed by atoms with van der Waals surface area (Å²) in [6.45, 7) is 2.01. The van der Waals surface area contributed by atoms with E-state index in [2.05, 4.69) is 4.52 Å². The minimum atomic E-state index is -4.48. The molecule has 0 heterocycles. The number of hydrogen-bond donors (Lipinski definition) is 2. The predicted octanol–water partition coefficient (Wildman–Crippen LogP) is 3.13. The highest BCUT2D eigenvalue weighted by Crippen LogP contribution is 2.38. The van der Waals surface area contributed by atoms with Crippen molar-refractivity contribution in [1.82, 2.24) is 0 Å². The molecule has 0 bridgehead atoms. The van der Waals surface area contributed by atoms with E-state index in [1.165, 1.54) is 0 Å². The van der Waals surface area contributed by atoms with E-state index in [0.29, 0.717) is 0 Å². The van der Waals surface area contributed by atoms with Crippen molar-refractivity contribution in [3.8, 4) is 16.9 Å². The van der Waals surface area contributed by atoms with Crippen molar-refractivity contribution >= 4 is 7.82 Å². The van der Waals surface area contributed by atoms with Crippen LogP contribution >= 0.6 is 7.82 Å². The zero-order valence-electron chi connectivity index (χ0n) is 9.78. The van der Waals surface area contributed by atoms with Crippen molar-refractivity contribution in [2.75, 3.05) is 0 Å². The zero-order valence-corrected chi connectivity index (χ0v) is 10.7. The van der Waals surface area contributed by atoms with Gasteiger partial charge in [0.2, 0.25) is 0 Å². The minimum Gasteiger partial charge on any atom is -0.404 e. The molecule has 0 atom stereocenters. The fourth-order valence-corrected chi connectivity index (χ4v) is 2.13. The molecule has 0 saturated carbocycles. The molecule has 0 fully saturated rings. The standard InChI is InChI=1S/C13H13O4P/c1-10-4-2-3-5-13(10)11-6-8-12(9-7-11)17-18(14,15)16/h2-9H,1H3,(H2,14,15,16). The maximum Gasteiger partial charge on any atom is 0.524 e.